The van der Waals surface area contributed by atoms with Gasteiger partial charge in [0.05, 0.1) is 5.75 Å². The summed E-state index contributed by atoms with van der Waals surface area (Å²) >= 11 is 1.36. The zero-order valence-electron chi connectivity index (χ0n) is 10.6. The van der Waals surface area contributed by atoms with Gasteiger partial charge < -0.3 is 10.4 Å². The fourth-order valence-electron chi connectivity index (χ4n) is 1.42. The number of amides is 1. The molecule has 0 saturated heterocycles. The highest BCUT2D eigenvalue weighted by Crippen LogP contribution is 2.12. The lowest BCUT2D eigenvalue weighted by atomic mass is 10.2. The van der Waals surface area contributed by atoms with Gasteiger partial charge >= 0.3 is 5.97 Å². The molecule has 0 aliphatic carbocycles. The van der Waals surface area contributed by atoms with Gasteiger partial charge in [-0.25, -0.2) is 9.18 Å². The van der Waals surface area contributed by atoms with Crippen LogP contribution in [0.4, 0.5) is 4.39 Å². The topological polar surface area (TPSA) is 66.4 Å². The molecule has 0 aromatic heterocycles. The smallest absolute Gasteiger partial charge is 0.326 e. The molecule has 0 bridgehead atoms. The van der Waals surface area contributed by atoms with Gasteiger partial charge in [0.1, 0.15) is 11.9 Å². The molecule has 0 aliphatic heterocycles. The number of carbonyl (C=O) groups is 2. The van der Waals surface area contributed by atoms with Crippen molar-refractivity contribution in [3.8, 4) is 0 Å². The maximum absolute atomic E-state index is 12.7. The average Bonchev–Trinajstić information content (AvgIpc) is 2.38. The molecular formula is C13H16FNO3S. The van der Waals surface area contributed by atoms with Gasteiger partial charge in [0, 0.05) is 5.75 Å². The summed E-state index contributed by atoms with van der Waals surface area (Å²) in [5, 5.41) is 11.2. The van der Waals surface area contributed by atoms with Crippen molar-refractivity contribution in [2.24, 2.45) is 0 Å². The maximum atomic E-state index is 12.7. The lowest BCUT2D eigenvalue weighted by Gasteiger charge is -2.11. The van der Waals surface area contributed by atoms with Gasteiger partial charge in [-0.05, 0) is 24.1 Å². The number of carbonyl (C=O) groups excluding carboxylic acids is 1. The Morgan fingerprint density at radius 3 is 2.53 bits per heavy atom. The first-order chi connectivity index (χ1) is 9.02. The van der Waals surface area contributed by atoms with E-state index in [-0.39, 0.29) is 17.5 Å². The Bertz CT molecular complexity index is 436. The van der Waals surface area contributed by atoms with Crippen LogP contribution < -0.4 is 5.32 Å². The standard InChI is InChI=1S/C13H16FNO3S/c1-2-11(13(17)18)15-12(16)8-19-7-9-3-5-10(14)6-4-9/h3-6,11H,2,7-8H2,1H3,(H,15,16)(H,17,18)/t11-/m0/s1. The molecule has 0 unspecified atom stereocenters. The van der Waals surface area contributed by atoms with Gasteiger partial charge in [-0.2, -0.15) is 0 Å². The Balaban J connectivity index is 2.30. The third-order valence-electron chi connectivity index (χ3n) is 2.46. The summed E-state index contributed by atoms with van der Waals surface area (Å²) in [5.74, 6) is -0.863. The predicted molar refractivity (Wildman–Crippen MR) is 72.4 cm³/mol. The number of carboxylic acids is 1. The molecule has 1 amide bonds. The van der Waals surface area contributed by atoms with Crippen LogP contribution in [0.25, 0.3) is 0 Å². The maximum Gasteiger partial charge on any atom is 0.326 e. The van der Waals surface area contributed by atoms with E-state index in [9.17, 15) is 14.0 Å². The number of benzene rings is 1. The molecule has 19 heavy (non-hydrogen) atoms. The Kier molecular flexibility index (Phi) is 6.35. The van der Waals surface area contributed by atoms with Gasteiger partial charge in [0.2, 0.25) is 5.91 Å². The number of hydrogen-bond donors (Lipinski definition) is 2. The number of aliphatic carboxylic acids is 1. The first-order valence-electron chi connectivity index (χ1n) is 5.87. The van der Waals surface area contributed by atoms with Gasteiger partial charge in [-0.15, -0.1) is 11.8 Å². The SMILES string of the molecule is CC[C@H](NC(=O)CSCc1ccc(F)cc1)C(=O)O. The van der Waals surface area contributed by atoms with Gasteiger partial charge in [-0.1, -0.05) is 19.1 Å². The van der Waals surface area contributed by atoms with Crippen LogP contribution in [-0.2, 0) is 15.3 Å². The van der Waals surface area contributed by atoms with E-state index in [1.54, 1.807) is 19.1 Å². The normalized spacial score (nSPS) is 11.9. The minimum Gasteiger partial charge on any atom is -0.480 e. The van der Waals surface area contributed by atoms with Crippen molar-refractivity contribution in [2.45, 2.75) is 25.1 Å². The summed E-state index contributed by atoms with van der Waals surface area (Å²) in [4.78, 5) is 22.2. The van der Waals surface area contributed by atoms with Crippen LogP contribution in [0.5, 0.6) is 0 Å². The number of rotatable bonds is 7. The number of nitrogens with one attached hydrogen (secondary N) is 1. The second kappa shape index (κ2) is 7.78. The molecule has 0 radical (unpaired) electrons. The highest BCUT2D eigenvalue weighted by Gasteiger charge is 2.17. The van der Waals surface area contributed by atoms with E-state index in [0.717, 1.165) is 5.56 Å². The molecule has 0 fully saturated rings. The first-order valence-corrected chi connectivity index (χ1v) is 7.02. The Morgan fingerprint density at radius 2 is 2.00 bits per heavy atom. The molecule has 104 valence electrons. The molecule has 2 N–H and O–H groups in total. The molecule has 0 aliphatic rings. The number of thioether (sulfide) groups is 1. The van der Waals surface area contributed by atoms with Crippen molar-refractivity contribution in [3.05, 3.63) is 35.6 Å². The molecular weight excluding hydrogens is 269 g/mol. The molecule has 0 heterocycles. The van der Waals surface area contributed by atoms with Crippen LogP contribution in [0.2, 0.25) is 0 Å². The molecule has 6 heteroatoms. The largest absolute Gasteiger partial charge is 0.480 e. The average molecular weight is 285 g/mol. The minimum absolute atomic E-state index is 0.182. The fourth-order valence-corrected chi connectivity index (χ4v) is 2.22. The molecule has 4 nitrogen and oxygen atoms in total. The van der Waals surface area contributed by atoms with E-state index in [0.29, 0.717) is 12.2 Å². The van der Waals surface area contributed by atoms with E-state index < -0.39 is 12.0 Å². The summed E-state index contributed by atoms with van der Waals surface area (Å²) in [6, 6.07) is 5.22. The fraction of sp³-hybridized carbons (Fsp3) is 0.385. The van der Waals surface area contributed by atoms with E-state index in [1.165, 1.54) is 23.9 Å². The number of halogens is 1. The zero-order valence-corrected chi connectivity index (χ0v) is 11.4. The number of carboxylic acid groups (broad SMARTS) is 1. The first kappa shape index (κ1) is 15.5. The third kappa shape index (κ3) is 5.74. The van der Waals surface area contributed by atoms with Crippen molar-refractivity contribution < 1.29 is 19.1 Å². The summed E-state index contributed by atoms with van der Waals surface area (Å²) < 4.78 is 12.7. The van der Waals surface area contributed by atoms with Crippen molar-refractivity contribution in [1.82, 2.24) is 5.32 Å². The summed E-state index contributed by atoms with van der Waals surface area (Å²) in [6.07, 6.45) is 0.351. The molecule has 1 aromatic rings. The second-order valence-corrected chi connectivity index (χ2v) is 4.97. The van der Waals surface area contributed by atoms with Gasteiger partial charge in [-0.3, -0.25) is 4.79 Å². The molecule has 0 saturated carbocycles. The van der Waals surface area contributed by atoms with Crippen molar-refractivity contribution in [2.75, 3.05) is 5.75 Å². The monoisotopic (exact) mass is 285 g/mol. The van der Waals surface area contributed by atoms with E-state index in [4.69, 9.17) is 5.11 Å². The lowest BCUT2D eigenvalue weighted by Crippen LogP contribution is -2.41. The molecule has 1 aromatic carbocycles. The Morgan fingerprint density at radius 1 is 1.37 bits per heavy atom. The highest BCUT2D eigenvalue weighted by molar-refractivity contribution is 7.99. The summed E-state index contributed by atoms with van der Waals surface area (Å²) in [6.45, 7) is 1.70. The summed E-state index contributed by atoms with van der Waals surface area (Å²) in [5.41, 5.74) is 0.921. The quantitative estimate of drug-likeness (QED) is 0.804. The van der Waals surface area contributed by atoms with Gasteiger partial charge in [0.15, 0.2) is 0 Å². The van der Waals surface area contributed by atoms with E-state index in [2.05, 4.69) is 5.32 Å². The Labute approximate surface area is 115 Å². The minimum atomic E-state index is -1.03. The van der Waals surface area contributed by atoms with Crippen LogP contribution in [0.1, 0.15) is 18.9 Å². The summed E-state index contributed by atoms with van der Waals surface area (Å²) in [7, 11) is 0. The van der Waals surface area contributed by atoms with Crippen molar-refractivity contribution in [3.63, 3.8) is 0 Å². The van der Waals surface area contributed by atoms with Crippen molar-refractivity contribution >= 4 is 23.6 Å². The lowest BCUT2D eigenvalue weighted by molar-refractivity contribution is -0.141. The zero-order chi connectivity index (χ0) is 14.3. The van der Waals surface area contributed by atoms with Crippen LogP contribution in [-0.4, -0.2) is 28.8 Å². The van der Waals surface area contributed by atoms with Crippen LogP contribution in [0, 0.1) is 5.82 Å². The van der Waals surface area contributed by atoms with E-state index in [1.807, 2.05) is 0 Å². The van der Waals surface area contributed by atoms with E-state index >= 15 is 0 Å². The second-order valence-electron chi connectivity index (χ2n) is 3.99. The van der Waals surface area contributed by atoms with Crippen LogP contribution in [0.15, 0.2) is 24.3 Å². The predicted octanol–water partition coefficient (Wildman–Crippen LogP) is 2.04. The van der Waals surface area contributed by atoms with Crippen molar-refractivity contribution in [1.29, 1.82) is 0 Å². The highest BCUT2D eigenvalue weighted by atomic mass is 32.2. The third-order valence-corrected chi connectivity index (χ3v) is 3.46. The van der Waals surface area contributed by atoms with Crippen LogP contribution in [0.3, 0.4) is 0 Å². The van der Waals surface area contributed by atoms with Gasteiger partial charge in [0.25, 0.3) is 0 Å². The molecule has 1 rings (SSSR count). The molecule has 1 atom stereocenters. The Hall–Kier alpha value is -1.56. The molecule has 0 spiro atoms. The number of hydrogen-bond acceptors (Lipinski definition) is 3. The van der Waals surface area contributed by atoms with Crippen LogP contribution >= 0.6 is 11.8 Å².